The summed E-state index contributed by atoms with van der Waals surface area (Å²) in [5.41, 5.74) is 0.747. The lowest BCUT2D eigenvalue weighted by Gasteiger charge is -2.34. The zero-order valence-electron chi connectivity index (χ0n) is 17.4. The molecular weight excluding hydrogens is 343 g/mol. The molecule has 2 aliphatic carbocycles. The maximum absolute atomic E-state index is 14.6. The Morgan fingerprint density at radius 1 is 1.15 bits per heavy atom. The minimum absolute atomic E-state index is 0.0126. The van der Waals surface area contributed by atoms with Gasteiger partial charge in [0.25, 0.3) is 0 Å². The lowest BCUT2D eigenvalue weighted by molar-refractivity contribution is 0.00645. The second-order valence-electron chi connectivity index (χ2n) is 10.1. The third-order valence-corrected chi connectivity index (χ3v) is 5.67. The third-order valence-electron chi connectivity index (χ3n) is 5.67. The van der Waals surface area contributed by atoms with Crippen LogP contribution in [0.4, 0.5) is 4.39 Å². The first kappa shape index (κ1) is 20.2. The highest BCUT2D eigenvalue weighted by Crippen LogP contribution is 2.46. The van der Waals surface area contributed by atoms with Gasteiger partial charge in [-0.1, -0.05) is 13.8 Å². The van der Waals surface area contributed by atoms with Crippen LogP contribution in [0.15, 0.2) is 12.1 Å². The highest BCUT2D eigenvalue weighted by Gasteiger charge is 2.32. The van der Waals surface area contributed by atoms with Crippen molar-refractivity contribution < 1.29 is 18.7 Å². The summed E-state index contributed by atoms with van der Waals surface area (Å²) in [7, 11) is 0. The van der Waals surface area contributed by atoms with Crippen LogP contribution < -0.4 is 4.74 Å². The molecule has 0 bridgehead atoms. The van der Waals surface area contributed by atoms with Gasteiger partial charge >= 0.3 is 5.97 Å². The molecule has 0 unspecified atom stereocenters. The topological polar surface area (TPSA) is 35.5 Å². The molecule has 3 nitrogen and oxygen atoms in total. The summed E-state index contributed by atoms with van der Waals surface area (Å²) in [4.78, 5) is 12.4. The largest absolute Gasteiger partial charge is 0.493 e. The van der Waals surface area contributed by atoms with Gasteiger partial charge in [-0.2, -0.15) is 0 Å². The van der Waals surface area contributed by atoms with E-state index in [1.54, 1.807) is 26.8 Å². The van der Waals surface area contributed by atoms with Crippen LogP contribution in [0.5, 0.6) is 5.75 Å². The zero-order valence-corrected chi connectivity index (χ0v) is 17.4. The summed E-state index contributed by atoms with van der Waals surface area (Å²) in [6.07, 6.45) is 6.86. The Balaban J connectivity index is 1.72. The molecular formula is C23H33FO3. The van der Waals surface area contributed by atoms with E-state index < -0.39 is 17.4 Å². The molecule has 2 saturated carbocycles. The zero-order chi connectivity index (χ0) is 19.8. The van der Waals surface area contributed by atoms with Crippen LogP contribution in [0.25, 0.3) is 0 Å². The van der Waals surface area contributed by atoms with E-state index in [-0.39, 0.29) is 5.56 Å². The van der Waals surface area contributed by atoms with Gasteiger partial charge in [0, 0.05) is 6.07 Å². The van der Waals surface area contributed by atoms with Crippen LogP contribution in [-0.4, -0.2) is 18.2 Å². The number of carbonyl (C=O) groups is 1. The summed E-state index contributed by atoms with van der Waals surface area (Å²) >= 11 is 0. The maximum atomic E-state index is 14.6. The fourth-order valence-electron chi connectivity index (χ4n) is 3.73. The first-order valence-corrected chi connectivity index (χ1v) is 10.2. The summed E-state index contributed by atoms with van der Waals surface area (Å²) in [6, 6.07) is 3.04. The van der Waals surface area contributed by atoms with Crippen molar-refractivity contribution in [3.63, 3.8) is 0 Å². The lowest BCUT2D eigenvalue weighted by atomic mass is 9.73. The average Bonchev–Trinajstić information content (AvgIpc) is 3.37. The van der Waals surface area contributed by atoms with Crippen molar-refractivity contribution >= 4 is 5.97 Å². The Hall–Kier alpha value is -1.58. The number of ether oxygens (including phenoxy) is 2. The Labute approximate surface area is 162 Å². The lowest BCUT2D eigenvalue weighted by Crippen LogP contribution is -2.25. The van der Waals surface area contributed by atoms with E-state index in [9.17, 15) is 9.18 Å². The number of esters is 1. The van der Waals surface area contributed by atoms with E-state index in [4.69, 9.17) is 9.47 Å². The molecule has 1 aromatic rings. The Morgan fingerprint density at radius 2 is 1.78 bits per heavy atom. The van der Waals surface area contributed by atoms with Gasteiger partial charge in [0.15, 0.2) is 0 Å². The normalized spacial score (nSPS) is 20.4. The quantitative estimate of drug-likeness (QED) is 0.570. The highest BCUT2D eigenvalue weighted by atomic mass is 19.1. The van der Waals surface area contributed by atoms with E-state index in [1.165, 1.54) is 18.9 Å². The number of carbonyl (C=O) groups excluding carboxylic acids is 1. The van der Waals surface area contributed by atoms with Crippen molar-refractivity contribution in [1.82, 2.24) is 0 Å². The first-order valence-electron chi connectivity index (χ1n) is 10.2. The van der Waals surface area contributed by atoms with Crippen molar-refractivity contribution in [2.75, 3.05) is 6.61 Å². The standard InChI is InChI=1S/C23H33FO3/c1-22(2,3)27-21(25)18-12-17(16-6-7-16)20(13-19(18)24)26-14-15-8-10-23(4,5)11-9-15/h12-13,15-16H,6-11,14H2,1-5H3. The van der Waals surface area contributed by atoms with Gasteiger partial charge < -0.3 is 9.47 Å². The van der Waals surface area contributed by atoms with Crippen molar-refractivity contribution in [3.8, 4) is 5.75 Å². The van der Waals surface area contributed by atoms with Crippen molar-refractivity contribution in [3.05, 3.63) is 29.1 Å². The molecule has 150 valence electrons. The summed E-state index contributed by atoms with van der Waals surface area (Å²) in [5, 5.41) is 0. The Bertz CT molecular complexity index is 688. The third kappa shape index (κ3) is 5.46. The van der Waals surface area contributed by atoms with Crippen molar-refractivity contribution in [2.24, 2.45) is 11.3 Å². The summed E-state index contributed by atoms with van der Waals surface area (Å²) < 4.78 is 26.1. The minimum atomic E-state index is -0.646. The predicted molar refractivity (Wildman–Crippen MR) is 105 cm³/mol. The molecule has 0 aliphatic heterocycles. The Kier molecular flexibility index (Phi) is 5.56. The van der Waals surface area contributed by atoms with Gasteiger partial charge in [0.05, 0.1) is 12.2 Å². The molecule has 2 fully saturated rings. The van der Waals surface area contributed by atoms with Crippen LogP contribution >= 0.6 is 0 Å². The van der Waals surface area contributed by atoms with Crippen molar-refractivity contribution in [2.45, 2.75) is 84.7 Å². The monoisotopic (exact) mass is 376 g/mol. The molecule has 0 spiro atoms. The fourth-order valence-corrected chi connectivity index (χ4v) is 3.73. The molecule has 0 radical (unpaired) electrons. The van der Waals surface area contributed by atoms with Gasteiger partial charge in [-0.05, 0) is 88.2 Å². The second-order valence-corrected chi connectivity index (χ2v) is 10.1. The molecule has 0 N–H and O–H groups in total. The molecule has 1 aromatic carbocycles. The molecule has 4 heteroatoms. The molecule has 27 heavy (non-hydrogen) atoms. The van der Waals surface area contributed by atoms with Gasteiger partial charge in [-0.3, -0.25) is 0 Å². The Morgan fingerprint density at radius 3 is 2.33 bits per heavy atom. The SMILES string of the molecule is CC1(C)CCC(COc2cc(F)c(C(=O)OC(C)(C)C)cc2C2CC2)CC1. The fraction of sp³-hybridized carbons (Fsp3) is 0.696. The molecule has 0 aromatic heterocycles. The smallest absolute Gasteiger partial charge is 0.341 e. The predicted octanol–water partition coefficient (Wildman–Crippen LogP) is 6.25. The molecule has 3 rings (SSSR count). The molecule has 0 heterocycles. The molecule has 0 saturated heterocycles. The molecule has 0 amide bonds. The molecule has 2 aliphatic rings. The number of rotatable bonds is 5. The first-order chi connectivity index (χ1) is 12.5. The van der Waals surface area contributed by atoms with Gasteiger partial charge in [-0.25, -0.2) is 9.18 Å². The molecule has 0 atom stereocenters. The van der Waals surface area contributed by atoms with Crippen LogP contribution in [0.2, 0.25) is 0 Å². The average molecular weight is 377 g/mol. The maximum Gasteiger partial charge on any atom is 0.341 e. The van der Waals surface area contributed by atoms with Gasteiger partial charge in [0.1, 0.15) is 17.2 Å². The summed E-state index contributed by atoms with van der Waals surface area (Å²) in [6.45, 7) is 10.6. The number of benzene rings is 1. The van der Waals surface area contributed by atoms with Crippen LogP contribution in [-0.2, 0) is 4.74 Å². The van der Waals surface area contributed by atoms with Crippen LogP contribution in [0, 0.1) is 17.2 Å². The minimum Gasteiger partial charge on any atom is -0.493 e. The van der Waals surface area contributed by atoms with Gasteiger partial charge in [0.2, 0.25) is 0 Å². The number of hydrogen-bond acceptors (Lipinski definition) is 3. The van der Waals surface area contributed by atoms with E-state index in [0.29, 0.717) is 29.6 Å². The van der Waals surface area contributed by atoms with E-state index in [1.807, 2.05) is 0 Å². The van der Waals surface area contributed by atoms with E-state index >= 15 is 0 Å². The van der Waals surface area contributed by atoms with E-state index in [2.05, 4.69) is 13.8 Å². The van der Waals surface area contributed by atoms with Gasteiger partial charge in [-0.15, -0.1) is 0 Å². The van der Waals surface area contributed by atoms with Crippen molar-refractivity contribution in [1.29, 1.82) is 0 Å². The number of halogens is 1. The highest BCUT2D eigenvalue weighted by molar-refractivity contribution is 5.90. The van der Waals surface area contributed by atoms with Crippen LogP contribution in [0.3, 0.4) is 0 Å². The summed E-state index contributed by atoms with van der Waals surface area (Å²) in [5.74, 6) is 0.328. The van der Waals surface area contributed by atoms with Crippen LogP contribution in [0.1, 0.15) is 95.0 Å². The number of hydrogen-bond donors (Lipinski definition) is 0. The second kappa shape index (κ2) is 7.44. The van der Waals surface area contributed by atoms with E-state index in [0.717, 1.165) is 31.2 Å².